The first-order valence-electron chi connectivity index (χ1n) is 8.47. The van der Waals surface area contributed by atoms with Crippen molar-refractivity contribution in [2.24, 2.45) is 5.73 Å². The van der Waals surface area contributed by atoms with E-state index in [0.717, 1.165) is 5.56 Å². The van der Waals surface area contributed by atoms with Crippen molar-refractivity contribution in [3.8, 4) is 11.5 Å². The van der Waals surface area contributed by atoms with Gasteiger partial charge in [0.05, 0.1) is 5.69 Å². The van der Waals surface area contributed by atoms with Crippen molar-refractivity contribution in [2.45, 2.75) is 6.54 Å². The van der Waals surface area contributed by atoms with Gasteiger partial charge in [0.25, 0.3) is 5.91 Å². The van der Waals surface area contributed by atoms with Crippen molar-refractivity contribution < 1.29 is 14.3 Å². The number of ether oxygens (including phenoxy) is 1. The number of rotatable bonds is 6. The molecule has 0 spiro atoms. The van der Waals surface area contributed by atoms with Crippen LogP contribution in [0.15, 0.2) is 72.8 Å². The summed E-state index contributed by atoms with van der Waals surface area (Å²) in [5.74, 6) is 0.812. The Labute approximate surface area is 167 Å². The number of nitrogens with two attached hydrogens (primary N) is 1. The smallest absolute Gasteiger partial charge is 0.312 e. The summed E-state index contributed by atoms with van der Waals surface area (Å²) >= 11 is 6.08. The Balaban J connectivity index is 1.74. The SMILES string of the molecule is NC(=O)NCc1ccc(C(=O)Nc2cc(Cl)ccc2Oc2ccccc2)cc1. The van der Waals surface area contributed by atoms with E-state index in [1.165, 1.54) is 0 Å². The van der Waals surface area contributed by atoms with Crippen molar-refractivity contribution in [1.82, 2.24) is 5.32 Å². The second-order valence-corrected chi connectivity index (χ2v) is 6.36. The summed E-state index contributed by atoms with van der Waals surface area (Å²) in [6.07, 6.45) is 0. The third-order valence-electron chi connectivity index (χ3n) is 3.84. The van der Waals surface area contributed by atoms with Gasteiger partial charge in [-0.1, -0.05) is 41.9 Å². The molecule has 7 heteroatoms. The second-order valence-electron chi connectivity index (χ2n) is 5.92. The van der Waals surface area contributed by atoms with Gasteiger partial charge in [0, 0.05) is 17.1 Å². The van der Waals surface area contributed by atoms with Crippen LogP contribution in [0.1, 0.15) is 15.9 Å². The largest absolute Gasteiger partial charge is 0.455 e. The monoisotopic (exact) mass is 395 g/mol. The Morgan fingerprint density at radius 1 is 0.964 bits per heavy atom. The maximum Gasteiger partial charge on any atom is 0.312 e. The zero-order valence-electron chi connectivity index (χ0n) is 14.8. The lowest BCUT2D eigenvalue weighted by Gasteiger charge is -2.13. The number of hydrogen-bond donors (Lipinski definition) is 3. The van der Waals surface area contributed by atoms with Crippen LogP contribution in [0, 0.1) is 0 Å². The second kappa shape index (κ2) is 8.92. The summed E-state index contributed by atoms with van der Waals surface area (Å²) in [4.78, 5) is 23.4. The van der Waals surface area contributed by atoms with Crippen LogP contribution in [0.25, 0.3) is 0 Å². The molecule has 0 radical (unpaired) electrons. The molecular weight excluding hydrogens is 378 g/mol. The Bertz CT molecular complexity index is 976. The number of halogens is 1. The van der Waals surface area contributed by atoms with Crippen molar-refractivity contribution in [1.29, 1.82) is 0 Å². The molecule has 3 amide bonds. The van der Waals surface area contributed by atoms with Gasteiger partial charge in [-0.05, 0) is 48.0 Å². The lowest BCUT2D eigenvalue weighted by molar-refractivity contribution is 0.102. The average Bonchev–Trinajstić information content (AvgIpc) is 2.69. The van der Waals surface area contributed by atoms with Gasteiger partial charge in [0.1, 0.15) is 5.75 Å². The first kappa shape index (κ1) is 19.3. The Morgan fingerprint density at radius 3 is 2.36 bits per heavy atom. The van der Waals surface area contributed by atoms with Crippen LogP contribution in [0.5, 0.6) is 11.5 Å². The first-order chi connectivity index (χ1) is 13.5. The number of para-hydroxylation sites is 1. The van der Waals surface area contributed by atoms with Gasteiger partial charge in [-0.25, -0.2) is 4.79 Å². The van der Waals surface area contributed by atoms with E-state index in [0.29, 0.717) is 34.3 Å². The number of amides is 3. The minimum Gasteiger partial charge on any atom is -0.455 e. The van der Waals surface area contributed by atoms with E-state index in [2.05, 4.69) is 10.6 Å². The standard InChI is InChI=1S/C21H18ClN3O3/c22-16-10-11-19(28-17-4-2-1-3-5-17)18(12-16)25-20(26)15-8-6-14(7-9-15)13-24-21(23)27/h1-12H,13H2,(H,25,26)(H3,23,24,27). The number of anilines is 1. The highest BCUT2D eigenvalue weighted by Crippen LogP contribution is 2.32. The number of primary amides is 1. The van der Waals surface area contributed by atoms with Gasteiger partial charge in [-0.15, -0.1) is 0 Å². The van der Waals surface area contributed by atoms with Gasteiger partial charge < -0.3 is 21.1 Å². The predicted octanol–water partition coefficient (Wildman–Crippen LogP) is 4.55. The lowest BCUT2D eigenvalue weighted by atomic mass is 10.1. The molecule has 0 heterocycles. The average molecular weight is 396 g/mol. The molecule has 0 saturated heterocycles. The van der Waals surface area contributed by atoms with Gasteiger partial charge in [-0.2, -0.15) is 0 Å². The molecule has 0 saturated carbocycles. The van der Waals surface area contributed by atoms with Crippen molar-refractivity contribution >= 4 is 29.2 Å². The molecule has 3 aromatic carbocycles. The fraction of sp³-hybridized carbons (Fsp3) is 0.0476. The summed E-state index contributed by atoms with van der Waals surface area (Å²) in [6, 6.07) is 20.5. The maximum absolute atomic E-state index is 12.6. The molecular formula is C21H18ClN3O3. The van der Waals surface area contributed by atoms with Gasteiger partial charge in [0.2, 0.25) is 0 Å². The molecule has 28 heavy (non-hydrogen) atoms. The zero-order valence-corrected chi connectivity index (χ0v) is 15.6. The highest BCUT2D eigenvalue weighted by molar-refractivity contribution is 6.31. The van der Waals surface area contributed by atoms with E-state index in [4.69, 9.17) is 22.1 Å². The normalized spacial score (nSPS) is 10.2. The molecule has 6 nitrogen and oxygen atoms in total. The van der Waals surface area contributed by atoms with Crippen LogP contribution >= 0.6 is 11.6 Å². The van der Waals surface area contributed by atoms with Crippen LogP contribution in [0.3, 0.4) is 0 Å². The van der Waals surface area contributed by atoms with Gasteiger partial charge >= 0.3 is 6.03 Å². The molecule has 3 aromatic rings. The highest BCUT2D eigenvalue weighted by atomic mass is 35.5. The Hall–Kier alpha value is -3.51. The van der Waals surface area contributed by atoms with E-state index in [1.807, 2.05) is 30.3 Å². The molecule has 4 N–H and O–H groups in total. The van der Waals surface area contributed by atoms with Crippen LogP contribution < -0.4 is 21.1 Å². The van der Waals surface area contributed by atoms with Gasteiger partial charge in [0.15, 0.2) is 5.75 Å². The molecule has 0 aliphatic rings. The number of urea groups is 1. The third kappa shape index (κ3) is 5.25. The molecule has 0 aliphatic heterocycles. The quantitative estimate of drug-likeness (QED) is 0.571. The molecule has 0 aliphatic carbocycles. The van der Waals surface area contributed by atoms with Crippen molar-refractivity contribution in [3.05, 3.63) is 88.9 Å². The molecule has 0 unspecified atom stereocenters. The Morgan fingerprint density at radius 2 is 1.68 bits per heavy atom. The number of benzene rings is 3. The van der Waals surface area contributed by atoms with Crippen molar-refractivity contribution in [2.75, 3.05) is 5.32 Å². The topological polar surface area (TPSA) is 93.5 Å². The number of carbonyl (C=O) groups excluding carboxylic acids is 2. The summed E-state index contributed by atoms with van der Waals surface area (Å²) in [7, 11) is 0. The molecule has 0 fully saturated rings. The van der Waals surface area contributed by atoms with E-state index in [9.17, 15) is 9.59 Å². The van der Waals surface area contributed by atoms with Gasteiger partial charge in [-0.3, -0.25) is 4.79 Å². The molecule has 0 atom stereocenters. The molecule has 142 valence electrons. The van der Waals surface area contributed by atoms with E-state index in [1.54, 1.807) is 42.5 Å². The minimum absolute atomic E-state index is 0.292. The van der Waals surface area contributed by atoms with Crippen LogP contribution in [-0.4, -0.2) is 11.9 Å². The summed E-state index contributed by atoms with van der Waals surface area (Å²) in [5, 5.41) is 5.79. The number of nitrogens with one attached hydrogen (secondary N) is 2. The zero-order chi connectivity index (χ0) is 19.9. The highest BCUT2D eigenvalue weighted by Gasteiger charge is 2.12. The van der Waals surface area contributed by atoms with Crippen LogP contribution in [0.4, 0.5) is 10.5 Å². The summed E-state index contributed by atoms with van der Waals surface area (Å²) < 4.78 is 5.85. The van der Waals surface area contributed by atoms with Crippen LogP contribution in [0.2, 0.25) is 5.02 Å². The fourth-order valence-electron chi connectivity index (χ4n) is 2.46. The van der Waals surface area contributed by atoms with Crippen molar-refractivity contribution in [3.63, 3.8) is 0 Å². The first-order valence-corrected chi connectivity index (χ1v) is 8.85. The minimum atomic E-state index is -0.603. The van der Waals surface area contributed by atoms with Crippen LogP contribution in [-0.2, 0) is 6.54 Å². The Kier molecular flexibility index (Phi) is 6.14. The maximum atomic E-state index is 12.6. The number of carbonyl (C=O) groups is 2. The molecule has 0 aromatic heterocycles. The van der Waals surface area contributed by atoms with E-state index >= 15 is 0 Å². The molecule has 3 rings (SSSR count). The van der Waals surface area contributed by atoms with E-state index in [-0.39, 0.29) is 5.91 Å². The third-order valence-corrected chi connectivity index (χ3v) is 4.08. The predicted molar refractivity (Wildman–Crippen MR) is 109 cm³/mol. The molecule has 0 bridgehead atoms. The van der Waals surface area contributed by atoms with E-state index < -0.39 is 6.03 Å². The number of hydrogen-bond acceptors (Lipinski definition) is 3. The summed E-state index contributed by atoms with van der Waals surface area (Å²) in [5.41, 5.74) is 6.79. The fourth-order valence-corrected chi connectivity index (χ4v) is 2.63. The lowest BCUT2D eigenvalue weighted by Crippen LogP contribution is -2.28. The summed E-state index contributed by atoms with van der Waals surface area (Å²) in [6.45, 7) is 0.292.